The number of esters is 1. The molecular formula is C8H11F3O4S. The molecule has 0 spiro atoms. The lowest BCUT2D eigenvalue weighted by Gasteiger charge is -2.11. The van der Waals surface area contributed by atoms with Gasteiger partial charge in [-0.3, -0.25) is 9.59 Å². The number of rotatable bonds is 6. The van der Waals surface area contributed by atoms with Gasteiger partial charge in [-0.15, -0.1) is 0 Å². The van der Waals surface area contributed by atoms with E-state index >= 15 is 0 Å². The van der Waals surface area contributed by atoms with Crippen LogP contribution in [0.3, 0.4) is 0 Å². The first-order valence-corrected chi connectivity index (χ1v) is 5.36. The zero-order chi connectivity index (χ0) is 12.8. The van der Waals surface area contributed by atoms with Crippen molar-refractivity contribution >= 4 is 23.7 Å². The first-order valence-electron chi connectivity index (χ1n) is 4.38. The van der Waals surface area contributed by atoms with Crippen LogP contribution in [0.2, 0.25) is 0 Å². The summed E-state index contributed by atoms with van der Waals surface area (Å²) in [7, 11) is 0. The lowest BCUT2D eigenvalue weighted by molar-refractivity contribution is -0.158. The summed E-state index contributed by atoms with van der Waals surface area (Å²) in [4.78, 5) is 21.6. The predicted molar refractivity (Wildman–Crippen MR) is 50.9 cm³/mol. The maximum atomic E-state index is 11.8. The Morgan fingerprint density at radius 2 is 2.00 bits per heavy atom. The second-order valence-corrected chi connectivity index (χ2v) is 3.89. The van der Waals surface area contributed by atoms with Gasteiger partial charge in [0.25, 0.3) is 0 Å². The van der Waals surface area contributed by atoms with Crippen LogP contribution in [0.1, 0.15) is 13.3 Å². The summed E-state index contributed by atoms with van der Waals surface area (Å²) in [6.45, 7) is 1.48. The van der Waals surface area contributed by atoms with Gasteiger partial charge < -0.3 is 9.84 Å². The normalized spacial score (nSPS) is 13.2. The van der Waals surface area contributed by atoms with Crippen LogP contribution in [0.4, 0.5) is 13.2 Å². The van der Waals surface area contributed by atoms with E-state index in [-0.39, 0.29) is 18.4 Å². The zero-order valence-corrected chi connectivity index (χ0v) is 9.23. The van der Waals surface area contributed by atoms with Gasteiger partial charge in [-0.25, -0.2) is 0 Å². The predicted octanol–water partition coefficient (Wildman–Crippen LogP) is 1.89. The molecule has 0 aliphatic carbocycles. The van der Waals surface area contributed by atoms with E-state index in [1.807, 2.05) is 0 Å². The number of aliphatic carboxylic acids is 1. The summed E-state index contributed by atoms with van der Waals surface area (Å²) in [5, 5.41) is 8.61. The molecule has 0 radical (unpaired) electrons. The average molecular weight is 260 g/mol. The summed E-state index contributed by atoms with van der Waals surface area (Å²) in [6, 6.07) is 0. The van der Waals surface area contributed by atoms with Crippen LogP contribution < -0.4 is 0 Å². The molecule has 0 saturated carbocycles. The lowest BCUT2D eigenvalue weighted by atomic mass is 10.1. The monoisotopic (exact) mass is 260 g/mol. The summed E-state index contributed by atoms with van der Waals surface area (Å²) in [5.74, 6) is -4.49. The fraction of sp³-hybridized carbons (Fsp3) is 0.750. The average Bonchev–Trinajstić information content (AvgIpc) is 2.10. The molecule has 1 unspecified atom stereocenters. The minimum atomic E-state index is -4.42. The van der Waals surface area contributed by atoms with Crippen LogP contribution in [0.25, 0.3) is 0 Å². The molecule has 16 heavy (non-hydrogen) atoms. The SMILES string of the molecule is CCOC(=O)C(CCSC(F)(F)F)C(=O)O. The molecule has 0 aromatic heterocycles. The lowest BCUT2D eigenvalue weighted by Crippen LogP contribution is -2.26. The summed E-state index contributed by atoms with van der Waals surface area (Å²) in [5.41, 5.74) is -4.42. The van der Waals surface area contributed by atoms with E-state index in [4.69, 9.17) is 5.11 Å². The number of carboxylic acid groups (broad SMARTS) is 1. The van der Waals surface area contributed by atoms with Crippen molar-refractivity contribution in [2.75, 3.05) is 12.4 Å². The highest BCUT2D eigenvalue weighted by Crippen LogP contribution is 2.31. The van der Waals surface area contributed by atoms with Crippen molar-refractivity contribution in [2.24, 2.45) is 5.92 Å². The fourth-order valence-electron chi connectivity index (χ4n) is 0.877. The van der Waals surface area contributed by atoms with Gasteiger partial charge in [-0.1, -0.05) is 11.8 Å². The molecule has 0 fully saturated rings. The molecule has 0 aliphatic rings. The third-order valence-corrected chi connectivity index (χ3v) is 2.31. The van der Waals surface area contributed by atoms with Gasteiger partial charge in [0.15, 0.2) is 5.92 Å². The highest BCUT2D eigenvalue weighted by molar-refractivity contribution is 8.00. The van der Waals surface area contributed by atoms with E-state index in [1.165, 1.54) is 6.92 Å². The van der Waals surface area contributed by atoms with Crippen molar-refractivity contribution in [3.63, 3.8) is 0 Å². The maximum Gasteiger partial charge on any atom is 0.441 e. The van der Waals surface area contributed by atoms with Crippen LogP contribution >= 0.6 is 11.8 Å². The number of carbonyl (C=O) groups excluding carboxylic acids is 1. The van der Waals surface area contributed by atoms with Crippen LogP contribution in [-0.4, -0.2) is 34.9 Å². The number of hydrogen-bond acceptors (Lipinski definition) is 4. The van der Waals surface area contributed by atoms with E-state index in [0.717, 1.165) is 0 Å². The van der Waals surface area contributed by atoms with Crippen LogP contribution in [0.15, 0.2) is 0 Å². The summed E-state index contributed by atoms with van der Waals surface area (Å²) in [6.07, 6.45) is -0.404. The van der Waals surface area contributed by atoms with E-state index in [9.17, 15) is 22.8 Å². The Balaban J connectivity index is 4.15. The third-order valence-electron chi connectivity index (χ3n) is 1.54. The minimum absolute atomic E-state index is 0.00493. The van der Waals surface area contributed by atoms with Gasteiger partial charge in [-0.05, 0) is 13.3 Å². The minimum Gasteiger partial charge on any atom is -0.481 e. The first kappa shape index (κ1) is 15.1. The molecule has 8 heteroatoms. The van der Waals surface area contributed by atoms with Crippen molar-refractivity contribution in [3.05, 3.63) is 0 Å². The highest BCUT2D eigenvalue weighted by Gasteiger charge is 2.32. The number of ether oxygens (including phenoxy) is 1. The largest absolute Gasteiger partial charge is 0.481 e. The second kappa shape index (κ2) is 6.62. The summed E-state index contributed by atoms with van der Waals surface area (Å²) < 4.78 is 39.7. The third kappa shape index (κ3) is 6.54. The molecule has 0 saturated heterocycles. The Labute approximate surface area is 94.1 Å². The van der Waals surface area contributed by atoms with Crippen molar-refractivity contribution in [1.82, 2.24) is 0 Å². The topological polar surface area (TPSA) is 63.6 Å². The molecule has 1 N–H and O–H groups in total. The molecule has 0 aromatic carbocycles. The van der Waals surface area contributed by atoms with Crippen LogP contribution in [0.5, 0.6) is 0 Å². The number of carboxylic acids is 1. The van der Waals surface area contributed by atoms with Gasteiger partial charge >= 0.3 is 17.4 Å². The molecule has 0 aliphatic heterocycles. The molecule has 94 valence electrons. The van der Waals surface area contributed by atoms with E-state index < -0.39 is 35.5 Å². The van der Waals surface area contributed by atoms with Crippen molar-refractivity contribution in [3.8, 4) is 0 Å². The number of halogens is 3. The van der Waals surface area contributed by atoms with Gasteiger partial charge in [-0.2, -0.15) is 13.2 Å². The van der Waals surface area contributed by atoms with Crippen LogP contribution in [-0.2, 0) is 14.3 Å². The molecule has 0 amide bonds. The van der Waals surface area contributed by atoms with E-state index in [2.05, 4.69) is 4.74 Å². The zero-order valence-electron chi connectivity index (χ0n) is 8.41. The molecule has 1 atom stereocenters. The van der Waals surface area contributed by atoms with E-state index in [0.29, 0.717) is 0 Å². The number of hydrogen-bond donors (Lipinski definition) is 1. The van der Waals surface area contributed by atoms with Gasteiger partial charge in [0.2, 0.25) is 0 Å². The number of thioether (sulfide) groups is 1. The van der Waals surface area contributed by atoms with Crippen molar-refractivity contribution in [2.45, 2.75) is 18.9 Å². The highest BCUT2D eigenvalue weighted by atomic mass is 32.2. The molecule has 0 heterocycles. The molecular weight excluding hydrogens is 249 g/mol. The molecule has 0 rings (SSSR count). The Bertz CT molecular complexity index is 254. The second-order valence-electron chi connectivity index (χ2n) is 2.73. The smallest absolute Gasteiger partial charge is 0.441 e. The van der Waals surface area contributed by atoms with Crippen molar-refractivity contribution in [1.29, 1.82) is 0 Å². The standard InChI is InChI=1S/C8H11F3O4S/c1-2-15-7(14)5(6(12)13)3-4-16-8(9,10)11/h5H,2-4H2,1H3,(H,12,13). The number of carbonyl (C=O) groups is 2. The van der Waals surface area contributed by atoms with Crippen molar-refractivity contribution < 1.29 is 32.6 Å². The number of alkyl halides is 3. The van der Waals surface area contributed by atoms with Gasteiger partial charge in [0.1, 0.15) is 0 Å². The van der Waals surface area contributed by atoms with Gasteiger partial charge in [0.05, 0.1) is 6.61 Å². The van der Waals surface area contributed by atoms with Gasteiger partial charge in [0, 0.05) is 5.75 Å². The molecule has 4 nitrogen and oxygen atoms in total. The Morgan fingerprint density at radius 3 is 2.38 bits per heavy atom. The first-order chi connectivity index (χ1) is 7.28. The fourth-order valence-corrected chi connectivity index (χ4v) is 1.46. The molecule has 0 bridgehead atoms. The molecule has 0 aromatic rings. The Hall–Kier alpha value is -0.920. The quantitative estimate of drug-likeness (QED) is 0.583. The maximum absolute atomic E-state index is 11.8. The Morgan fingerprint density at radius 1 is 1.44 bits per heavy atom. The van der Waals surface area contributed by atoms with E-state index in [1.54, 1.807) is 0 Å². The Kier molecular flexibility index (Phi) is 6.24. The summed E-state index contributed by atoms with van der Waals surface area (Å²) >= 11 is -0.356. The van der Waals surface area contributed by atoms with Crippen LogP contribution in [0, 0.1) is 5.92 Å².